The van der Waals surface area contributed by atoms with Crippen molar-refractivity contribution < 1.29 is 9.57 Å². The van der Waals surface area contributed by atoms with E-state index in [0.717, 1.165) is 11.3 Å². The molecule has 0 saturated carbocycles. The first-order chi connectivity index (χ1) is 9.20. The quantitative estimate of drug-likeness (QED) is 0.614. The Balaban J connectivity index is 2.15. The van der Waals surface area contributed by atoms with E-state index in [-0.39, 0.29) is 0 Å². The molecule has 0 radical (unpaired) electrons. The fourth-order valence-corrected chi connectivity index (χ4v) is 1.66. The van der Waals surface area contributed by atoms with Crippen molar-refractivity contribution in [1.29, 1.82) is 0 Å². The molecule has 0 N–H and O–H groups in total. The Labute approximate surface area is 113 Å². The fourth-order valence-electron chi connectivity index (χ4n) is 1.66. The minimum absolute atomic E-state index is 0.608. The van der Waals surface area contributed by atoms with Crippen molar-refractivity contribution >= 4 is 5.71 Å². The second-order valence-corrected chi connectivity index (χ2v) is 4.28. The number of oxime groups is 1. The predicted molar refractivity (Wildman–Crippen MR) is 77.0 cm³/mol. The molecular weight excluding hydrogens is 238 g/mol. The number of ether oxygens (including phenoxy) is 1. The molecule has 98 valence electrons. The highest BCUT2D eigenvalue weighted by Gasteiger charge is 2.03. The summed E-state index contributed by atoms with van der Waals surface area (Å²) in [6, 6.07) is 15.6. The average molecular weight is 255 g/mol. The lowest BCUT2D eigenvalue weighted by Crippen LogP contribution is -1.98. The Morgan fingerprint density at radius 2 is 1.58 bits per heavy atom. The van der Waals surface area contributed by atoms with Gasteiger partial charge in [0.2, 0.25) is 0 Å². The summed E-state index contributed by atoms with van der Waals surface area (Å²) in [5.41, 5.74) is 3.09. The normalized spacial score (nSPS) is 11.2. The SMILES string of the molecule is COc1ccccc1O/N=C(\C)c1ccc(C)cc1. The van der Waals surface area contributed by atoms with Gasteiger partial charge in [0.15, 0.2) is 11.5 Å². The maximum atomic E-state index is 5.44. The fraction of sp³-hybridized carbons (Fsp3) is 0.188. The molecule has 2 aromatic carbocycles. The topological polar surface area (TPSA) is 30.8 Å². The Morgan fingerprint density at radius 1 is 0.947 bits per heavy atom. The van der Waals surface area contributed by atoms with E-state index in [1.54, 1.807) is 7.11 Å². The zero-order chi connectivity index (χ0) is 13.7. The average Bonchev–Trinajstić information content (AvgIpc) is 2.45. The van der Waals surface area contributed by atoms with Crippen molar-refractivity contribution in [2.24, 2.45) is 5.16 Å². The van der Waals surface area contributed by atoms with Gasteiger partial charge < -0.3 is 9.57 Å². The van der Waals surface area contributed by atoms with Crippen molar-refractivity contribution in [3.63, 3.8) is 0 Å². The van der Waals surface area contributed by atoms with Gasteiger partial charge in [-0.25, -0.2) is 0 Å². The van der Waals surface area contributed by atoms with E-state index in [4.69, 9.17) is 9.57 Å². The van der Waals surface area contributed by atoms with Gasteiger partial charge in [-0.05, 0) is 31.5 Å². The lowest BCUT2D eigenvalue weighted by molar-refractivity contribution is 0.311. The van der Waals surface area contributed by atoms with Crippen LogP contribution < -0.4 is 9.57 Å². The molecule has 0 aliphatic rings. The van der Waals surface area contributed by atoms with Crippen LogP contribution >= 0.6 is 0 Å². The third kappa shape index (κ3) is 3.35. The second kappa shape index (κ2) is 6.05. The molecule has 0 saturated heterocycles. The number of methoxy groups -OCH3 is 1. The van der Waals surface area contributed by atoms with Crippen molar-refractivity contribution in [2.75, 3.05) is 7.11 Å². The van der Waals surface area contributed by atoms with E-state index in [1.807, 2.05) is 43.3 Å². The molecule has 2 rings (SSSR count). The standard InChI is InChI=1S/C16H17NO2/c1-12-8-10-14(11-9-12)13(2)17-19-16-7-5-4-6-15(16)18-3/h4-11H,1-3H3/b17-13+. The number of para-hydroxylation sites is 2. The molecule has 0 aliphatic carbocycles. The summed E-state index contributed by atoms with van der Waals surface area (Å²) in [6.07, 6.45) is 0. The van der Waals surface area contributed by atoms with E-state index in [9.17, 15) is 0 Å². The zero-order valence-electron chi connectivity index (χ0n) is 11.4. The third-order valence-corrected chi connectivity index (χ3v) is 2.82. The summed E-state index contributed by atoms with van der Waals surface area (Å²) in [5.74, 6) is 1.28. The number of hydrogen-bond donors (Lipinski definition) is 0. The minimum atomic E-state index is 0.608. The lowest BCUT2D eigenvalue weighted by Gasteiger charge is -2.06. The molecule has 0 bridgehead atoms. The highest BCUT2D eigenvalue weighted by molar-refractivity contribution is 5.98. The molecule has 2 aromatic rings. The lowest BCUT2D eigenvalue weighted by atomic mass is 10.1. The maximum Gasteiger partial charge on any atom is 0.199 e. The van der Waals surface area contributed by atoms with Crippen molar-refractivity contribution in [1.82, 2.24) is 0 Å². The van der Waals surface area contributed by atoms with Gasteiger partial charge in [0.05, 0.1) is 12.8 Å². The Bertz CT molecular complexity index is 574. The summed E-state index contributed by atoms with van der Waals surface area (Å²) in [4.78, 5) is 5.44. The van der Waals surface area contributed by atoms with Gasteiger partial charge in [0.1, 0.15) is 0 Å². The van der Waals surface area contributed by atoms with Crippen LogP contribution in [0.4, 0.5) is 0 Å². The number of benzene rings is 2. The molecule has 3 nitrogen and oxygen atoms in total. The van der Waals surface area contributed by atoms with Crippen LogP contribution in [0.15, 0.2) is 53.7 Å². The van der Waals surface area contributed by atoms with E-state index in [1.165, 1.54) is 5.56 Å². The van der Waals surface area contributed by atoms with Crippen LogP contribution in [0.25, 0.3) is 0 Å². The Hall–Kier alpha value is -2.29. The third-order valence-electron chi connectivity index (χ3n) is 2.82. The van der Waals surface area contributed by atoms with Gasteiger partial charge in [-0.2, -0.15) is 0 Å². The van der Waals surface area contributed by atoms with Crippen molar-refractivity contribution in [3.05, 3.63) is 59.7 Å². The van der Waals surface area contributed by atoms with Crippen LogP contribution in [-0.4, -0.2) is 12.8 Å². The van der Waals surface area contributed by atoms with Crippen LogP contribution in [0, 0.1) is 6.92 Å². The van der Waals surface area contributed by atoms with E-state index in [0.29, 0.717) is 11.5 Å². The van der Waals surface area contributed by atoms with E-state index >= 15 is 0 Å². The number of nitrogens with zero attached hydrogens (tertiary/aromatic N) is 1. The van der Waals surface area contributed by atoms with Gasteiger partial charge >= 0.3 is 0 Å². The van der Waals surface area contributed by atoms with Gasteiger partial charge in [0.25, 0.3) is 0 Å². The summed E-state index contributed by atoms with van der Waals surface area (Å²) in [5, 5.41) is 4.14. The van der Waals surface area contributed by atoms with Crippen LogP contribution in [0.3, 0.4) is 0 Å². The molecule has 0 fully saturated rings. The van der Waals surface area contributed by atoms with E-state index < -0.39 is 0 Å². The molecule has 0 aliphatic heterocycles. The number of hydrogen-bond acceptors (Lipinski definition) is 3. The molecule has 0 unspecified atom stereocenters. The summed E-state index contributed by atoms with van der Waals surface area (Å²) < 4.78 is 5.20. The highest BCUT2D eigenvalue weighted by Crippen LogP contribution is 2.26. The molecule has 0 aromatic heterocycles. The van der Waals surface area contributed by atoms with Crippen LogP contribution in [0.2, 0.25) is 0 Å². The van der Waals surface area contributed by atoms with Crippen molar-refractivity contribution in [3.8, 4) is 11.5 Å². The van der Waals surface area contributed by atoms with Crippen LogP contribution in [-0.2, 0) is 0 Å². The Morgan fingerprint density at radius 3 is 2.21 bits per heavy atom. The second-order valence-electron chi connectivity index (χ2n) is 4.28. The molecule has 3 heteroatoms. The molecular formula is C16H17NO2. The summed E-state index contributed by atoms with van der Waals surface area (Å²) >= 11 is 0. The van der Waals surface area contributed by atoms with Crippen LogP contribution in [0.1, 0.15) is 18.1 Å². The summed E-state index contributed by atoms with van der Waals surface area (Å²) in [7, 11) is 1.61. The maximum absolute atomic E-state index is 5.44. The van der Waals surface area contributed by atoms with Gasteiger partial charge in [-0.3, -0.25) is 0 Å². The number of aryl methyl sites for hydroxylation is 1. The first-order valence-corrected chi connectivity index (χ1v) is 6.12. The molecule has 0 heterocycles. The molecule has 0 atom stereocenters. The zero-order valence-corrected chi connectivity index (χ0v) is 11.4. The van der Waals surface area contributed by atoms with Crippen LogP contribution in [0.5, 0.6) is 11.5 Å². The molecule has 0 spiro atoms. The smallest absolute Gasteiger partial charge is 0.199 e. The molecule has 19 heavy (non-hydrogen) atoms. The first-order valence-electron chi connectivity index (χ1n) is 6.12. The van der Waals surface area contributed by atoms with Crippen molar-refractivity contribution in [2.45, 2.75) is 13.8 Å². The number of rotatable bonds is 4. The van der Waals surface area contributed by atoms with E-state index in [2.05, 4.69) is 24.2 Å². The largest absolute Gasteiger partial charge is 0.493 e. The van der Waals surface area contributed by atoms with Gasteiger partial charge in [-0.15, -0.1) is 0 Å². The van der Waals surface area contributed by atoms with Gasteiger partial charge in [0, 0.05) is 0 Å². The first kappa shape index (κ1) is 13.1. The Kier molecular flexibility index (Phi) is 4.18. The highest BCUT2D eigenvalue weighted by atomic mass is 16.6. The monoisotopic (exact) mass is 255 g/mol. The molecule has 0 amide bonds. The predicted octanol–water partition coefficient (Wildman–Crippen LogP) is 3.81. The van der Waals surface area contributed by atoms with Gasteiger partial charge in [-0.1, -0.05) is 47.1 Å². The summed E-state index contributed by atoms with van der Waals surface area (Å²) in [6.45, 7) is 3.97. The minimum Gasteiger partial charge on any atom is -0.493 e.